The Hall–Kier alpha value is -3.26. The molecule has 1 N–H and O–H groups in total. The molecule has 0 aliphatic carbocycles. The Labute approximate surface area is 162 Å². The summed E-state index contributed by atoms with van der Waals surface area (Å²) in [7, 11) is -3.70. The van der Waals surface area contributed by atoms with Crippen LogP contribution in [-0.2, 0) is 16.6 Å². The first-order valence-electron chi connectivity index (χ1n) is 8.37. The number of anilines is 2. The van der Waals surface area contributed by atoms with Crippen molar-refractivity contribution in [2.45, 2.75) is 6.54 Å². The molecule has 0 unspecified atom stereocenters. The van der Waals surface area contributed by atoms with Gasteiger partial charge in [0.15, 0.2) is 0 Å². The zero-order valence-corrected chi connectivity index (χ0v) is 15.9. The van der Waals surface area contributed by atoms with Gasteiger partial charge in [0, 0.05) is 11.8 Å². The molecule has 0 atom stereocenters. The monoisotopic (exact) mass is 399 g/mol. The Balaban J connectivity index is 1.78. The maximum Gasteiger partial charge on any atom is 0.255 e. The maximum atomic E-state index is 14.1. The van der Waals surface area contributed by atoms with Crippen molar-refractivity contribution in [2.24, 2.45) is 0 Å². The van der Waals surface area contributed by atoms with Crippen molar-refractivity contribution in [2.75, 3.05) is 15.9 Å². The van der Waals surface area contributed by atoms with Crippen LogP contribution in [0.3, 0.4) is 0 Å². The van der Waals surface area contributed by atoms with Crippen LogP contribution in [0.5, 0.6) is 0 Å². The predicted octanol–water partition coefficient (Wildman–Crippen LogP) is 3.44. The molecule has 0 bridgehead atoms. The van der Waals surface area contributed by atoms with Crippen LogP contribution in [0.25, 0.3) is 0 Å². The molecule has 2 aromatic carbocycles. The van der Waals surface area contributed by atoms with E-state index in [0.29, 0.717) is 16.8 Å². The number of hydrogen-bond acceptors (Lipinski definition) is 4. The van der Waals surface area contributed by atoms with Crippen molar-refractivity contribution in [3.8, 4) is 0 Å². The summed E-state index contributed by atoms with van der Waals surface area (Å²) in [6, 6.07) is 15.6. The quantitative estimate of drug-likeness (QED) is 0.689. The van der Waals surface area contributed by atoms with Crippen LogP contribution < -0.4 is 9.62 Å². The number of para-hydroxylation sites is 1. The van der Waals surface area contributed by atoms with Gasteiger partial charge in [-0.3, -0.25) is 14.1 Å². The first-order valence-corrected chi connectivity index (χ1v) is 10.2. The number of aromatic nitrogens is 1. The average molecular weight is 399 g/mol. The van der Waals surface area contributed by atoms with Crippen molar-refractivity contribution in [1.82, 2.24) is 4.98 Å². The van der Waals surface area contributed by atoms with Crippen LogP contribution in [0.4, 0.5) is 15.8 Å². The van der Waals surface area contributed by atoms with Crippen LogP contribution in [0, 0.1) is 5.82 Å². The van der Waals surface area contributed by atoms with Gasteiger partial charge in [0.1, 0.15) is 5.82 Å². The second-order valence-corrected chi connectivity index (χ2v) is 8.02. The number of amides is 1. The summed E-state index contributed by atoms with van der Waals surface area (Å²) < 4.78 is 39.4. The molecule has 0 spiro atoms. The molecule has 3 aromatic rings. The Morgan fingerprint density at radius 2 is 1.79 bits per heavy atom. The minimum atomic E-state index is -3.70. The summed E-state index contributed by atoms with van der Waals surface area (Å²) in [4.78, 5) is 16.2. The lowest BCUT2D eigenvalue weighted by atomic mass is 10.1. The molecule has 0 aliphatic heterocycles. The highest BCUT2D eigenvalue weighted by Gasteiger charge is 2.21. The van der Waals surface area contributed by atoms with Gasteiger partial charge in [-0.2, -0.15) is 0 Å². The molecular weight excluding hydrogens is 381 g/mol. The van der Waals surface area contributed by atoms with Crippen LogP contribution in [-0.4, -0.2) is 25.6 Å². The number of rotatable bonds is 6. The molecule has 3 rings (SSSR count). The number of benzene rings is 2. The van der Waals surface area contributed by atoms with E-state index in [0.717, 1.165) is 10.6 Å². The van der Waals surface area contributed by atoms with E-state index < -0.39 is 15.8 Å². The molecule has 1 amide bonds. The standard InChI is InChI=1S/C20H18FN3O3S/c1-28(26,27)24(19-7-3-2-6-18(19)21)14-15-8-10-16(11-9-15)20(25)23-17-5-4-12-22-13-17/h2-13H,14H2,1H3,(H,23,25). The van der Waals surface area contributed by atoms with Crippen LogP contribution >= 0.6 is 0 Å². The fourth-order valence-electron chi connectivity index (χ4n) is 2.60. The summed E-state index contributed by atoms with van der Waals surface area (Å²) in [5.41, 5.74) is 1.57. The van der Waals surface area contributed by atoms with Gasteiger partial charge >= 0.3 is 0 Å². The summed E-state index contributed by atoms with van der Waals surface area (Å²) in [5.74, 6) is -0.936. The van der Waals surface area contributed by atoms with Crippen molar-refractivity contribution < 1.29 is 17.6 Å². The van der Waals surface area contributed by atoms with Gasteiger partial charge in [0.05, 0.1) is 30.4 Å². The number of hydrogen-bond donors (Lipinski definition) is 1. The van der Waals surface area contributed by atoms with E-state index in [9.17, 15) is 17.6 Å². The SMILES string of the molecule is CS(=O)(=O)N(Cc1ccc(C(=O)Nc2cccnc2)cc1)c1ccccc1F. The highest BCUT2D eigenvalue weighted by atomic mass is 32.2. The number of nitrogens with one attached hydrogen (secondary N) is 1. The number of carbonyl (C=O) groups excluding carboxylic acids is 1. The van der Waals surface area contributed by atoms with Crippen molar-refractivity contribution in [3.05, 3.63) is 90.0 Å². The lowest BCUT2D eigenvalue weighted by molar-refractivity contribution is 0.102. The van der Waals surface area contributed by atoms with Crippen LogP contribution in [0.15, 0.2) is 73.1 Å². The second-order valence-electron chi connectivity index (χ2n) is 6.11. The number of halogens is 1. The normalized spacial score (nSPS) is 11.1. The second kappa shape index (κ2) is 8.18. The van der Waals surface area contributed by atoms with E-state index >= 15 is 0 Å². The van der Waals surface area contributed by atoms with Gasteiger partial charge in [-0.05, 0) is 42.0 Å². The van der Waals surface area contributed by atoms with E-state index in [1.165, 1.54) is 24.4 Å². The average Bonchev–Trinajstić information content (AvgIpc) is 2.67. The lowest BCUT2D eigenvalue weighted by Crippen LogP contribution is -2.30. The molecular formula is C20H18FN3O3S. The smallest absolute Gasteiger partial charge is 0.255 e. The van der Waals surface area contributed by atoms with E-state index in [1.54, 1.807) is 48.7 Å². The van der Waals surface area contributed by atoms with Gasteiger partial charge in [-0.1, -0.05) is 24.3 Å². The van der Waals surface area contributed by atoms with Gasteiger partial charge in [-0.25, -0.2) is 12.8 Å². The first kappa shape index (κ1) is 19.5. The van der Waals surface area contributed by atoms with Crippen LogP contribution in [0.2, 0.25) is 0 Å². The minimum absolute atomic E-state index is 0.0246. The van der Waals surface area contributed by atoms with Crippen molar-refractivity contribution in [3.63, 3.8) is 0 Å². The molecule has 144 valence electrons. The zero-order chi connectivity index (χ0) is 20.1. The summed E-state index contributed by atoms with van der Waals surface area (Å²) >= 11 is 0. The minimum Gasteiger partial charge on any atom is -0.321 e. The van der Waals surface area contributed by atoms with Gasteiger partial charge in [0.25, 0.3) is 5.91 Å². The molecule has 6 nitrogen and oxygen atoms in total. The number of nitrogens with zero attached hydrogens (tertiary/aromatic N) is 2. The number of pyridine rings is 1. The molecule has 0 fully saturated rings. The fourth-order valence-corrected chi connectivity index (χ4v) is 3.49. The van der Waals surface area contributed by atoms with Crippen molar-refractivity contribution >= 4 is 27.3 Å². The Bertz CT molecular complexity index is 1070. The summed E-state index contributed by atoms with van der Waals surface area (Å²) in [5, 5.41) is 2.72. The maximum absolute atomic E-state index is 14.1. The molecule has 0 radical (unpaired) electrons. The highest BCUT2D eigenvalue weighted by Crippen LogP contribution is 2.24. The third-order valence-corrected chi connectivity index (χ3v) is 5.11. The molecule has 0 saturated heterocycles. The third-order valence-electron chi connectivity index (χ3n) is 3.98. The lowest BCUT2D eigenvalue weighted by Gasteiger charge is -2.23. The van der Waals surface area contributed by atoms with E-state index in [4.69, 9.17) is 0 Å². The molecule has 1 aromatic heterocycles. The third kappa shape index (κ3) is 4.72. The Kier molecular flexibility index (Phi) is 5.70. The first-order chi connectivity index (χ1) is 13.3. The molecule has 8 heteroatoms. The van der Waals surface area contributed by atoms with Crippen molar-refractivity contribution in [1.29, 1.82) is 0 Å². The fraction of sp³-hybridized carbons (Fsp3) is 0.100. The van der Waals surface area contributed by atoms with Crippen LogP contribution in [0.1, 0.15) is 15.9 Å². The summed E-state index contributed by atoms with van der Waals surface area (Å²) in [6.45, 7) is -0.0513. The largest absolute Gasteiger partial charge is 0.321 e. The summed E-state index contributed by atoms with van der Waals surface area (Å²) in [6.07, 6.45) is 4.16. The highest BCUT2D eigenvalue weighted by molar-refractivity contribution is 7.92. The van der Waals surface area contributed by atoms with E-state index in [1.807, 2.05) is 0 Å². The van der Waals surface area contributed by atoms with E-state index in [2.05, 4.69) is 10.3 Å². The predicted molar refractivity (Wildman–Crippen MR) is 106 cm³/mol. The number of carbonyl (C=O) groups is 1. The molecule has 0 aliphatic rings. The topological polar surface area (TPSA) is 79.4 Å². The Morgan fingerprint density at radius 3 is 2.39 bits per heavy atom. The van der Waals surface area contributed by atoms with Gasteiger partial charge in [0.2, 0.25) is 10.0 Å². The molecule has 1 heterocycles. The zero-order valence-electron chi connectivity index (χ0n) is 15.0. The molecule has 28 heavy (non-hydrogen) atoms. The Morgan fingerprint density at radius 1 is 1.07 bits per heavy atom. The molecule has 0 saturated carbocycles. The van der Waals surface area contributed by atoms with Gasteiger partial charge in [-0.15, -0.1) is 0 Å². The number of sulfonamides is 1. The van der Waals surface area contributed by atoms with Gasteiger partial charge < -0.3 is 5.32 Å². The van der Waals surface area contributed by atoms with E-state index in [-0.39, 0.29) is 18.1 Å².